The quantitative estimate of drug-likeness (QED) is 0.673. The SMILES string of the molecule is CCCCOc1cccc(CCC[C@@H](N)C(=O)O)c1. The Hall–Kier alpha value is -1.55. The topological polar surface area (TPSA) is 72.5 Å². The van der Waals surface area contributed by atoms with Gasteiger partial charge in [-0.3, -0.25) is 4.79 Å². The number of hydrogen-bond donors (Lipinski definition) is 2. The Morgan fingerprint density at radius 1 is 1.42 bits per heavy atom. The molecule has 0 bridgehead atoms. The van der Waals surface area contributed by atoms with Crippen molar-refractivity contribution >= 4 is 5.97 Å². The van der Waals surface area contributed by atoms with E-state index in [0.29, 0.717) is 6.42 Å². The minimum absolute atomic E-state index is 0.496. The molecular weight excluding hydrogens is 242 g/mol. The van der Waals surface area contributed by atoms with E-state index in [1.54, 1.807) is 0 Å². The molecule has 4 nitrogen and oxygen atoms in total. The first-order valence-electron chi connectivity index (χ1n) is 6.83. The maximum atomic E-state index is 10.6. The van der Waals surface area contributed by atoms with E-state index in [9.17, 15) is 4.79 Å². The van der Waals surface area contributed by atoms with Gasteiger partial charge in [0.05, 0.1) is 6.61 Å². The summed E-state index contributed by atoms with van der Waals surface area (Å²) in [5.41, 5.74) is 6.63. The maximum absolute atomic E-state index is 10.6. The number of aryl methyl sites for hydroxylation is 1. The highest BCUT2D eigenvalue weighted by atomic mass is 16.5. The third kappa shape index (κ3) is 6.25. The Balaban J connectivity index is 2.37. The van der Waals surface area contributed by atoms with Crippen LogP contribution in [0, 0.1) is 0 Å². The fraction of sp³-hybridized carbons (Fsp3) is 0.533. The summed E-state index contributed by atoms with van der Waals surface area (Å²) in [6, 6.07) is 7.19. The molecule has 0 heterocycles. The highest BCUT2D eigenvalue weighted by molar-refractivity contribution is 5.72. The summed E-state index contributed by atoms with van der Waals surface area (Å²) in [5.74, 6) is -0.0508. The van der Waals surface area contributed by atoms with Crippen LogP contribution in [0.2, 0.25) is 0 Å². The lowest BCUT2D eigenvalue weighted by Crippen LogP contribution is -2.29. The standard InChI is InChI=1S/C15H23NO3/c1-2-3-10-19-13-8-4-6-12(11-13)7-5-9-14(16)15(17)18/h4,6,8,11,14H,2-3,5,7,9-10,16H2,1H3,(H,17,18)/t14-/m1/s1. The summed E-state index contributed by atoms with van der Waals surface area (Å²) in [7, 11) is 0. The maximum Gasteiger partial charge on any atom is 0.320 e. The largest absolute Gasteiger partial charge is 0.494 e. The van der Waals surface area contributed by atoms with E-state index in [0.717, 1.165) is 43.6 Å². The first-order valence-corrected chi connectivity index (χ1v) is 6.83. The normalized spacial score (nSPS) is 12.1. The van der Waals surface area contributed by atoms with E-state index in [4.69, 9.17) is 15.6 Å². The van der Waals surface area contributed by atoms with Crippen LogP contribution in [-0.2, 0) is 11.2 Å². The number of ether oxygens (including phenoxy) is 1. The fourth-order valence-electron chi connectivity index (χ4n) is 1.77. The summed E-state index contributed by atoms with van der Waals surface area (Å²) >= 11 is 0. The third-order valence-electron chi connectivity index (χ3n) is 2.96. The van der Waals surface area contributed by atoms with Crippen molar-refractivity contribution in [1.82, 2.24) is 0 Å². The van der Waals surface area contributed by atoms with Gasteiger partial charge in [0.1, 0.15) is 11.8 Å². The lowest BCUT2D eigenvalue weighted by molar-refractivity contribution is -0.138. The van der Waals surface area contributed by atoms with Gasteiger partial charge in [0, 0.05) is 0 Å². The van der Waals surface area contributed by atoms with E-state index < -0.39 is 12.0 Å². The second-order valence-electron chi connectivity index (χ2n) is 4.69. The third-order valence-corrected chi connectivity index (χ3v) is 2.96. The summed E-state index contributed by atoms with van der Waals surface area (Å²) in [4.78, 5) is 10.6. The number of aliphatic carboxylic acids is 1. The second kappa shape index (κ2) is 8.53. The first kappa shape index (κ1) is 15.5. The zero-order chi connectivity index (χ0) is 14.1. The average molecular weight is 265 g/mol. The lowest BCUT2D eigenvalue weighted by atomic mass is 10.0. The highest BCUT2D eigenvalue weighted by Crippen LogP contribution is 2.16. The van der Waals surface area contributed by atoms with Gasteiger partial charge in [-0.15, -0.1) is 0 Å². The van der Waals surface area contributed by atoms with E-state index in [2.05, 4.69) is 6.92 Å². The predicted molar refractivity (Wildman–Crippen MR) is 75.4 cm³/mol. The molecule has 1 rings (SSSR count). The van der Waals surface area contributed by atoms with Crippen LogP contribution in [0.4, 0.5) is 0 Å². The van der Waals surface area contributed by atoms with Crippen molar-refractivity contribution in [3.05, 3.63) is 29.8 Å². The number of unbranched alkanes of at least 4 members (excludes halogenated alkanes) is 1. The first-order chi connectivity index (χ1) is 9.13. The van der Waals surface area contributed by atoms with Gasteiger partial charge in [0.25, 0.3) is 0 Å². The van der Waals surface area contributed by atoms with Gasteiger partial charge in [-0.2, -0.15) is 0 Å². The number of hydrogen-bond acceptors (Lipinski definition) is 3. The molecule has 0 amide bonds. The van der Waals surface area contributed by atoms with E-state index >= 15 is 0 Å². The van der Waals surface area contributed by atoms with Gasteiger partial charge < -0.3 is 15.6 Å². The van der Waals surface area contributed by atoms with Crippen molar-refractivity contribution in [3.8, 4) is 5.75 Å². The van der Waals surface area contributed by atoms with Gasteiger partial charge >= 0.3 is 5.97 Å². The van der Waals surface area contributed by atoms with Crippen molar-refractivity contribution in [2.24, 2.45) is 5.73 Å². The van der Waals surface area contributed by atoms with Crippen LogP contribution < -0.4 is 10.5 Å². The molecule has 0 saturated carbocycles. The summed E-state index contributed by atoms with van der Waals surface area (Å²) in [6.07, 6.45) is 4.26. The van der Waals surface area contributed by atoms with Crippen LogP contribution in [0.25, 0.3) is 0 Å². The van der Waals surface area contributed by atoms with Gasteiger partial charge in [-0.05, 0) is 43.4 Å². The monoisotopic (exact) mass is 265 g/mol. The molecule has 0 aliphatic rings. The van der Waals surface area contributed by atoms with Crippen LogP contribution in [0.1, 0.15) is 38.2 Å². The van der Waals surface area contributed by atoms with Crippen LogP contribution >= 0.6 is 0 Å². The fourth-order valence-corrected chi connectivity index (χ4v) is 1.77. The minimum atomic E-state index is -0.934. The minimum Gasteiger partial charge on any atom is -0.494 e. The van der Waals surface area contributed by atoms with Crippen LogP contribution in [0.5, 0.6) is 5.75 Å². The average Bonchev–Trinajstić information content (AvgIpc) is 2.39. The molecule has 1 aromatic rings. The molecule has 0 radical (unpaired) electrons. The zero-order valence-corrected chi connectivity index (χ0v) is 11.5. The predicted octanol–water partition coefficient (Wildman–Crippen LogP) is 2.60. The van der Waals surface area contributed by atoms with Gasteiger partial charge in [-0.25, -0.2) is 0 Å². The zero-order valence-electron chi connectivity index (χ0n) is 11.5. The Kier molecular flexibility index (Phi) is 6.97. The van der Waals surface area contributed by atoms with Crippen LogP contribution in [0.3, 0.4) is 0 Å². The van der Waals surface area contributed by atoms with Gasteiger partial charge in [0.2, 0.25) is 0 Å². The molecule has 0 aromatic heterocycles. The van der Waals surface area contributed by atoms with Crippen molar-refractivity contribution in [2.45, 2.75) is 45.1 Å². The number of rotatable bonds is 9. The molecule has 0 spiro atoms. The molecule has 0 saturated heterocycles. The van der Waals surface area contributed by atoms with Crippen LogP contribution in [-0.4, -0.2) is 23.7 Å². The molecule has 3 N–H and O–H groups in total. The molecule has 0 fully saturated rings. The van der Waals surface area contributed by atoms with E-state index in [1.165, 1.54) is 0 Å². The molecule has 0 unspecified atom stereocenters. The van der Waals surface area contributed by atoms with Crippen molar-refractivity contribution in [2.75, 3.05) is 6.61 Å². The Bertz CT molecular complexity index is 393. The molecular formula is C15H23NO3. The molecule has 1 aromatic carbocycles. The molecule has 4 heteroatoms. The molecule has 106 valence electrons. The Morgan fingerprint density at radius 2 is 2.21 bits per heavy atom. The Labute approximate surface area is 114 Å². The summed E-state index contributed by atoms with van der Waals surface area (Å²) in [5, 5.41) is 8.70. The van der Waals surface area contributed by atoms with E-state index in [-0.39, 0.29) is 0 Å². The van der Waals surface area contributed by atoms with Crippen molar-refractivity contribution < 1.29 is 14.6 Å². The molecule has 0 aliphatic heterocycles. The number of benzene rings is 1. The number of carbonyl (C=O) groups is 1. The number of carboxylic acids is 1. The smallest absolute Gasteiger partial charge is 0.320 e. The highest BCUT2D eigenvalue weighted by Gasteiger charge is 2.10. The van der Waals surface area contributed by atoms with Crippen LogP contribution in [0.15, 0.2) is 24.3 Å². The van der Waals surface area contributed by atoms with Crippen molar-refractivity contribution in [3.63, 3.8) is 0 Å². The summed E-state index contributed by atoms with van der Waals surface area (Å²) in [6.45, 7) is 2.87. The number of carboxylic acid groups (broad SMARTS) is 1. The lowest BCUT2D eigenvalue weighted by Gasteiger charge is -2.08. The van der Waals surface area contributed by atoms with Crippen molar-refractivity contribution in [1.29, 1.82) is 0 Å². The molecule has 19 heavy (non-hydrogen) atoms. The Morgan fingerprint density at radius 3 is 2.89 bits per heavy atom. The number of nitrogens with two attached hydrogens (primary N) is 1. The molecule has 1 atom stereocenters. The second-order valence-corrected chi connectivity index (χ2v) is 4.69. The van der Waals surface area contributed by atoms with E-state index in [1.807, 2.05) is 24.3 Å². The van der Waals surface area contributed by atoms with Gasteiger partial charge in [-0.1, -0.05) is 25.5 Å². The molecule has 0 aliphatic carbocycles. The van der Waals surface area contributed by atoms with Gasteiger partial charge in [0.15, 0.2) is 0 Å². The summed E-state index contributed by atoms with van der Waals surface area (Å²) < 4.78 is 5.63.